The van der Waals surface area contributed by atoms with Crippen molar-refractivity contribution in [3.63, 3.8) is 0 Å². The minimum atomic E-state index is -0.692. The predicted molar refractivity (Wildman–Crippen MR) is 25.2 cm³/mol. The third kappa shape index (κ3) is 3.22. The van der Waals surface area contributed by atoms with Gasteiger partial charge in [0.15, 0.2) is 0 Å². The first-order chi connectivity index (χ1) is 3.31. The van der Waals surface area contributed by atoms with E-state index in [1.807, 2.05) is 6.92 Å². The van der Waals surface area contributed by atoms with Crippen LogP contribution in [0.5, 0.6) is 0 Å². The SMILES string of the molecule is CCCC(F)=NO. The highest BCUT2D eigenvalue weighted by Gasteiger charge is 1.89. The van der Waals surface area contributed by atoms with Crippen molar-refractivity contribution < 1.29 is 9.60 Å². The lowest BCUT2D eigenvalue weighted by Gasteiger charge is -1.83. The second kappa shape index (κ2) is 3.59. The van der Waals surface area contributed by atoms with Gasteiger partial charge in [0.05, 0.1) is 0 Å². The summed E-state index contributed by atoms with van der Waals surface area (Å²) in [6.07, 6.45) is 0.909. The number of hydrogen-bond acceptors (Lipinski definition) is 2. The number of rotatable bonds is 2. The molecule has 0 aromatic heterocycles. The summed E-state index contributed by atoms with van der Waals surface area (Å²) in [5.74, 6) is -0.692. The first-order valence-corrected chi connectivity index (χ1v) is 2.17. The fourth-order valence-corrected chi connectivity index (χ4v) is 0.256. The first-order valence-electron chi connectivity index (χ1n) is 2.17. The van der Waals surface area contributed by atoms with Crippen LogP contribution in [0.2, 0.25) is 0 Å². The van der Waals surface area contributed by atoms with Crippen LogP contribution in [0.4, 0.5) is 4.39 Å². The van der Waals surface area contributed by atoms with Crippen LogP contribution in [0.25, 0.3) is 0 Å². The molecular formula is C4H8FNO. The summed E-state index contributed by atoms with van der Waals surface area (Å²) in [7, 11) is 0. The van der Waals surface area contributed by atoms with E-state index >= 15 is 0 Å². The van der Waals surface area contributed by atoms with Crippen LogP contribution in [0.15, 0.2) is 5.16 Å². The lowest BCUT2D eigenvalue weighted by Crippen LogP contribution is -1.84. The fourth-order valence-electron chi connectivity index (χ4n) is 0.256. The van der Waals surface area contributed by atoms with Crippen molar-refractivity contribution >= 4 is 5.97 Å². The Morgan fingerprint density at radius 1 is 1.86 bits per heavy atom. The van der Waals surface area contributed by atoms with Crippen LogP contribution >= 0.6 is 0 Å². The maximum Gasteiger partial charge on any atom is 0.226 e. The maximum absolute atomic E-state index is 11.6. The van der Waals surface area contributed by atoms with Gasteiger partial charge in [0.1, 0.15) is 0 Å². The average molecular weight is 105 g/mol. The van der Waals surface area contributed by atoms with Crippen LogP contribution in [0, 0.1) is 0 Å². The third-order valence-electron chi connectivity index (χ3n) is 0.565. The molecule has 3 heteroatoms. The molecule has 0 bridgehead atoms. The summed E-state index contributed by atoms with van der Waals surface area (Å²) < 4.78 is 11.6. The smallest absolute Gasteiger partial charge is 0.226 e. The molecule has 7 heavy (non-hydrogen) atoms. The van der Waals surface area contributed by atoms with Crippen LogP contribution in [0.1, 0.15) is 19.8 Å². The van der Waals surface area contributed by atoms with Crippen molar-refractivity contribution in [3.8, 4) is 0 Å². The summed E-state index contributed by atoms with van der Waals surface area (Å²) in [5, 5.41) is 10.0. The zero-order valence-corrected chi connectivity index (χ0v) is 4.19. The molecule has 0 aliphatic heterocycles. The van der Waals surface area contributed by atoms with E-state index in [0.29, 0.717) is 6.42 Å². The van der Waals surface area contributed by atoms with Crippen LogP contribution in [-0.4, -0.2) is 11.2 Å². The zero-order chi connectivity index (χ0) is 5.70. The molecule has 2 nitrogen and oxygen atoms in total. The number of nitrogens with zero attached hydrogens (tertiary/aromatic N) is 1. The second-order valence-electron chi connectivity index (χ2n) is 1.23. The summed E-state index contributed by atoms with van der Waals surface area (Å²) >= 11 is 0. The quantitative estimate of drug-likeness (QED) is 0.322. The van der Waals surface area contributed by atoms with E-state index in [4.69, 9.17) is 5.21 Å². The normalized spacial score (nSPS) is 12.0. The van der Waals surface area contributed by atoms with Gasteiger partial charge < -0.3 is 5.21 Å². The van der Waals surface area contributed by atoms with Gasteiger partial charge >= 0.3 is 0 Å². The molecule has 0 amide bonds. The van der Waals surface area contributed by atoms with Gasteiger partial charge in [0.2, 0.25) is 5.97 Å². The molecule has 42 valence electrons. The van der Waals surface area contributed by atoms with E-state index in [1.54, 1.807) is 0 Å². The number of oxime groups is 1. The van der Waals surface area contributed by atoms with Crippen LogP contribution in [-0.2, 0) is 0 Å². The molecule has 0 saturated carbocycles. The topological polar surface area (TPSA) is 32.6 Å². The molecule has 0 aromatic carbocycles. The molecule has 0 aromatic rings. The minimum Gasteiger partial charge on any atom is -0.409 e. The largest absolute Gasteiger partial charge is 0.409 e. The van der Waals surface area contributed by atoms with Crippen molar-refractivity contribution in [1.82, 2.24) is 0 Å². The Bertz CT molecular complexity index is 72.1. The molecule has 0 radical (unpaired) electrons. The van der Waals surface area contributed by atoms with Gasteiger partial charge in [-0.2, -0.15) is 4.39 Å². The third-order valence-corrected chi connectivity index (χ3v) is 0.565. The molecule has 1 N–H and O–H groups in total. The van der Waals surface area contributed by atoms with Crippen molar-refractivity contribution in [3.05, 3.63) is 0 Å². The highest BCUT2D eigenvalue weighted by Crippen LogP contribution is 1.90. The van der Waals surface area contributed by atoms with Crippen LogP contribution < -0.4 is 0 Å². The standard InChI is InChI=1S/C4H8FNO/c1-2-3-4(5)6-7/h7H,2-3H2,1H3. The Hall–Kier alpha value is -0.600. The summed E-state index contributed by atoms with van der Waals surface area (Å²) in [6.45, 7) is 1.81. The van der Waals surface area contributed by atoms with E-state index in [1.165, 1.54) is 0 Å². The lowest BCUT2D eigenvalue weighted by molar-refractivity contribution is 0.309. The Labute approximate surface area is 41.6 Å². The number of halogens is 1. The van der Waals surface area contributed by atoms with Gasteiger partial charge in [-0.15, -0.1) is 0 Å². The maximum atomic E-state index is 11.6. The monoisotopic (exact) mass is 105 g/mol. The molecule has 0 spiro atoms. The van der Waals surface area contributed by atoms with Gasteiger partial charge in [-0.25, -0.2) is 0 Å². The van der Waals surface area contributed by atoms with Gasteiger partial charge in [0, 0.05) is 6.42 Å². The highest BCUT2D eigenvalue weighted by molar-refractivity contribution is 5.73. The van der Waals surface area contributed by atoms with Gasteiger partial charge in [0.25, 0.3) is 0 Å². The van der Waals surface area contributed by atoms with E-state index in [0.717, 1.165) is 0 Å². The zero-order valence-electron chi connectivity index (χ0n) is 4.19. The van der Waals surface area contributed by atoms with Crippen molar-refractivity contribution in [1.29, 1.82) is 0 Å². The minimum absolute atomic E-state index is 0.233. The first kappa shape index (κ1) is 6.40. The molecule has 0 atom stereocenters. The molecule has 0 rings (SSSR count). The lowest BCUT2D eigenvalue weighted by atomic mass is 10.4. The van der Waals surface area contributed by atoms with Gasteiger partial charge in [-0.05, 0) is 6.42 Å². The van der Waals surface area contributed by atoms with E-state index in [-0.39, 0.29) is 6.42 Å². The Morgan fingerprint density at radius 2 is 2.43 bits per heavy atom. The summed E-state index contributed by atoms with van der Waals surface area (Å²) in [5.41, 5.74) is 0. The number of hydrogen-bond donors (Lipinski definition) is 1. The molecule has 0 saturated heterocycles. The van der Waals surface area contributed by atoms with E-state index in [2.05, 4.69) is 5.16 Å². The van der Waals surface area contributed by atoms with E-state index in [9.17, 15) is 4.39 Å². The van der Waals surface area contributed by atoms with Crippen molar-refractivity contribution in [2.24, 2.45) is 5.16 Å². The summed E-state index contributed by atoms with van der Waals surface area (Å²) in [4.78, 5) is 0. The molecule has 0 fully saturated rings. The van der Waals surface area contributed by atoms with Crippen molar-refractivity contribution in [2.75, 3.05) is 0 Å². The fraction of sp³-hybridized carbons (Fsp3) is 0.750. The Kier molecular flexibility index (Phi) is 3.28. The Morgan fingerprint density at radius 3 is 2.57 bits per heavy atom. The van der Waals surface area contributed by atoms with Crippen LogP contribution in [0.3, 0.4) is 0 Å². The molecule has 0 aliphatic carbocycles. The van der Waals surface area contributed by atoms with Gasteiger partial charge in [-0.3, -0.25) is 0 Å². The Balaban J connectivity index is 3.17. The molecular weight excluding hydrogens is 97.0 g/mol. The molecule has 0 unspecified atom stereocenters. The molecule has 0 aliphatic rings. The average Bonchev–Trinajstić information content (AvgIpc) is 1.68. The predicted octanol–water partition coefficient (Wildman–Crippen LogP) is 1.54. The highest BCUT2D eigenvalue weighted by atomic mass is 19.1. The molecule has 0 heterocycles. The van der Waals surface area contributed by atoms with Crippen molar-refractivity contribution in [2.45, 2.75) is 19.8 Å². The van der Waals surface area contributed by atoms with Gasteiger partial charge in [-0.1, -0.05) is 12.1 Å². The summed E-state index contributed by atoms with van der Waals surface area (Å²) in [6, 6.07) is 0. The van der Waals surface area contributed by atoms with E-state index < -0.39 is 5.97 Å². The second-order valence-corrected chi connectivity index (χ2v) is 1.23.